The van der Waals surface area contributed by atoms with Gasteiger partial charge in [0.2, 0.25) is 11.9 Å². The molecule has 1 saturated carbocycles. The maximum Gasteiger partial charge on any atom is 0.323 e. The summed E-state index contributed by atoms with van der Waals surface area (Å²) in [6, 6.07) is 0.898. The number of rotatable bonds is 6. The monoisotopic (exact) mass is 293 g/mol. The summed E-state index contributed by atoms with van der Waals surface area (Å²) in [6.45, 7) is 4.77. The van der Waals surface area contributed by atoms with Crippen molar-refractivity contribution in [3.8, 4) is 6.01 Å². The Labute approximate surface area is 127 Å². The molecular weight excluding hydrogens is 266 g/mol. The van der Waals surface area contributed by atoms with Crippen molar-refractivity contribution in [2.75, 3.05) is 30.9 Å². The third-order valence-electron chi connectivity index (χ3n) is 4.36. The van der Waals surface area contributed by atoms with Gasteiger partial charge >= 0.3 is 6.01 Å². The fourth-order valence-electron chi connectivity index (χ4n) is 2.91. The molecule has 0 spiro atoms. The fraction of sp³-hybridized carbons (Fsp3) is 0.800. The van der Waals surface area contributed by atoms with Gasteiger partial charge in [-0.3, -0.25) is 0 Å². The lowest BCUT2D eigenvalue weighted by Crippen LogP contribution is -2.36. The van der Waals surface area contributed by atoms with E-state index in [1.807, 2.05) is 6.92 Å². The van der Waals surface area contributed by atoms with Crippen LogP contribution in [0.15, 0.2) is 0 Å². The number of nitrogens with zero attached hydrogens (tertiary/aromatic N) is 4. The molecular formula is C15H27N5O. The van der Waals surface area contributed by atoms with Crippen LogP contribution >= 0.6 is 0 Å². The van der Waals surface area contributed by atoms with Gasteiger partial charge in [-0.05, 0) is 38.5 Å². The first-order valence-corrected chi connectivity index (χ1v) is 7.97. The highest BCUT2D eigenvalue weighted by Crippen LogP contribution is 2.30. The molecule has 1 aromatic heterocycles. The molecule has 1 N–H and O–H groups in total. The first-order chi connectivity index (χ1) is 10.2. The molecule has 0 aromatic carbocycles. The number of nitrogens with one attached hydrogen (secondary N) is 1. The average Bonchev–Trinajstić information content (AvgIpc) is 2.54. The Balaban J connectivity index is 2.10. The molecule has 0 amide bonds. The van der Waals surface area contributed by atoms with E-state index >= 15 is 0 Å². The zero-order valence-electron chi connectivity index (χ0n) is 13.6. The summed E-state index contributed by atoms with van der Waals surface area (Å²) >= 11 is 0. The van der Waals surface area contributed by atoms with Crippen LogP contribution in [-0.2, 0) is 0 Å². The van der Waals surface area contributed by atoms with Crippen LogP contribution in [0.25, 0.3) is 0 Å². The third-order valence-corrected chi connectivity index (χ3v) is 4.36. The van der Waals surface area contributed by atoms with Crippen LogP contribution in [0.1, 0.15) is 46.0 Å². The molecule has 0 bridgehead atoms. The summed E-state index contributed by atoms with van der Waals surface area (Å²) in [4.78, 5) is 15.3. The highest BCUT2D eigenvalue weighted by molar-refractivity contribution is 5.38. The first kappa shape index (κ1) is 15.8. The van der Waals surface area contributed by atoms with Gasteiger partial charge in [0.1, 0.15) is 0 Å². The summed E-state index contributed by atoms with van der Waals surface area (Å²) in [5, 5.41) is 2.97. The van der Waals surface area contributed by atoms with Gasteiger partial charge in [0, 0.05) is 20.1 Å². The molecule has 6 nitrogen and oxygen atoms in total. The molecule has 1 aliphatic carbocycles. The minimum Gasteiger partial charge on any atom is -0.464 e. The van der Waals surface area contributed by atoms with E-state index in [1.165, 1.54) is 32.1 Å². The van der Waals surface area contributed by atoms with E-state index in [4.69, 9.17) is 4.74 Å². The van der Waals surface area contributed by atoms with Gasteiger partial charge in [-0.15, -0.1) is 0 Å². The quantitative estimate of drug-likeness (QED) is 0.870. The van der Waals surface area contributed by atoms with Crippen LogP contribution in [0.4, 0.5) is 11.9 Å². The van der Waals surface area contributed by atoms with Gasteiger partial charge < -0.3 is 15.0 Å². The molecule has 0 aliphatic heterocycles. The van der Waals surface area contributed by atoms with Crippen molar-refractivity contribution in [2.24, 2.45) is 5.92 Å². The maximum absolute atomic E-state index is 5.43. The molecule has 118 valence electrons. The second-order valence-electron chi connectivity index (χ2n) is 5.62. The molecule has 6 heteroatoms. The van der Waals surface area contributed by atoms with E-state index in [0.29, 0.717) is 30.6 Å². The van der Waals surface area contributed by atoms with E-state index in [2.05, 4.69) is 39.1 Å². The van der Waals surface area contributed by atoms with E-state index in [9.17, 15) is 0 Å². The van der Waals surface area contributed by atoms with Crippen molar-refractivity contribution in [3.05, 3.63) is 0 Å². The molecule has 21 heavy (non-hydrogen) atoms. The van der Waals surface area contributed by atoms with E-state index in [1.54, 1.807) is 7.05 Å². The van der Waals surface area contributed by atoms with Crippen molar-refractivity contribution < 1.29 is 4.74 Å². The van der Waals surface area contributed by atoms with Crippen molar-refractivity contribution in [3.63, 3.8) is 0 Å². The number of ether oxygens (including phenoxy) is 1. The largest absolute Gasteiger partial charge is 0.464 e. The van der Waals surface area contributed by atoms with Gasteiger partial charge in [-0.1, -0.05) is 13.3 Å². The van der Waals surface area contributed by atoms with Crippen LogP contribution in [0, 0.1) is 5.92 Å². The van der Waals surface area contributed by atoms with Gasteiger partial charge in [0.05, 0.1) is 6.61 Å². The lowest BCUT2D eigenvalue weighted by molar-refractivity contribution is 0.304. The smallest absolute Gasteiger partial charge is 0.323 e. The molecule has 1 fully saturated rings. The maximum atomic E-state index is 5.43. The Morgan fingerprint density at radius 1 is 1.14 bits per heavy atom. The van der Waals surface area contributed by atoms with Crippen molar-refractivity contribution in [2.45, 2.75) is 52.0 Å². The molecule has 1 aromatic rings. The molecule has 0 unspecified atom stereocenters. The minimum atomic E-state index is 0.390. The van der Waals surface area contributed by atoms with Gasteiger partial charge in [0.15, 0.2) is 0 Å². The van der Waals surface area contributed by atoms with Crippen LogP contribution in [-0.4, -0.2) is 41.7 Å². The van der Waals surface area contributed by atoms with E-state index < -0.39 is 0 Å². The van der Waals surface area contributed by atoms with Crippen molar-refractivity contribution in [1.82, 2.24) is 15.0 Å². The van der Waals surface area contributed by atoms with E-state index in [-0.39, 0.29) is 0 Å². The number of aromatic nitrogens is 3. The second-order valence-corrected chi connectivity index (χ2v) is 5.62. The van der Waals surface area contributed by atoms with Gasteiger partial charge in [-0.2, -0.15) is 15.0 Å². The highest BCUT2D eigenvalue weighted by atomic mass is 16.5. The summed E-state index contributed by atoms with van der Waals surface area (Å²) in [5.41, 5.74) is 0. The molecule has 0 radical (unpaired) electrons. The molecule has 0 saturated heterocycles. The van der Waals surface area contributed by atoms with Crippen LogP contribution in [0.2, 0.25) is 0 Å². The second kappa shape index (κ2) is 7.43. The third kappa shape index (κ3) is 3.95. The summed E-state index contributed by atoms with van der Waals surface area (Å²) < 4.78 is 5.43. The zero-order valence-corrected chi connectivity index (χ0v) is 13.6. The molecule has 1 aliphatic rings. The summed E-state index contributed by atoms with van der Waals surface area (Å²) in [6.07, 6.45) is 6.31. The SMILES string of the molecule is CCOc1nc(NC)nc(N(C)C2CCC(CC)CC2)n1. The van der Waals surface area contributed by atoms with Crippen LogP contribution in [0.5, 0.6) is 6.01 Å². The molecule has 1 heterocycles. The number of anilines is 2. The predicted molar refractivity (Wildman–Crippen MR) is 85.0 cm³/mol. The van der Waals surface area contributed by atoms with Crippen molar-refractivity contribution in [1.29, 1.82) is 0 Å². The lowest BCUT2D eigenvalue weighted by Gasteiger charge is -2.34. The number of hydrogen-bond donors (Lipinski definition) is 1. The Bertz CT molecular complexity index is 446. The van der Waals surface area contributed by atoms with Crippen LogP contribution < -0.4 is 15.0 Å². The minimum absolute atomic E-state index is 0.390. The Hall–Kier alpha value is -1.59. The standard InChI is InChI=1S/C15H27N5O/c1-5-11-7-9-12(10-8-11)20(4)14-17-13(16-3)18-15(19-14)21-6-2/h11-12H,5-10H2,1-4H3,(H,16,17,18,19). The highest BCUT2D eigenvalue weighted by Gasteiger charge is 2.25. The first-order valence-electron chi connectivity index (χ1n) is 7.97. The zero-order chi connectivity index (χ0) is 15.2. The summed E-state index contributed by atoms with van der Waals surface area (Å²) in [7, 11) is 3.88. The summed E-state index contributed by atoms with van der Waals surface area (Å²) in [5.74, 6) is 2.13. The molecule has 2 rings (SSSR count). The fourth-order valence-corrected chi connectivity index (χ4v) is 2.91. The number of hydrogen-bond acceptors (Lipinski definition) is 6. The topological polar surface area (TPSA) is 63.2 Å². The average molecular weight is 293 g/mol. The van der Waals surface area contributed by atoms with E-state index in [0.717, 1.165) is 5.92 Å². The Morgan fingerprint density at radius 2 is 1.86 bits per heavy atom. The normalized spacial score (nSPS) is 21.9. The Kier molecular flexibility index (Phi) is 5.59. The van der Waals surface area contributed by atoms with Crippen LogP contribution in [0.3, 0.4) is 0 Å². The van der Waals surface area contributed by atoms with Crippen molar-refractivity contribution >= 4 is 11.9 Å². The van der Waals surface area contributed by atoms with Gasteiger partial charge in [-0.25, -0.2) is 0 Å². The Morgan fingerprint density at radius 3 is 2.43 bits per heavy atom. The lowest BCUT2D eigenvalue weighted by atomic mass is 9.84. The predicted octanol–water partition coefficient (Wildman–Crippen LogP) is 2.72. The molecule has 0 atom stereocenters. The van der Waals surface area contributed by atoms with Gasteiger partial charge in [0.25, 0.3) is 0 Å².